The highest BCUT2D eigenvalue weighted by Crippen LogP contribution is 2.29. The van der Waals surface area contributed by atoms with Crippen molar-refractivity contribution in [1.29, 1.82) is 0 Å². The van der Waals surface area contributed by atoms with Crippen LogP contribution in [0.4, 0.5) is 0 Å². The molecule has 0 aliphatic rings. The highest BCUT2D eigenvalue weighted by atomic mass is 32.2. The number of hydrogen-bond donors (Lipinski definition) is 0. The Balaban J connectivity index is 2.59. The SMILES string of the molecule is CCCN(CCC)S(=O)(=O)c1ccc(C=O)cc1-c1ccon1. The molecular formula is C16H20N2O4S. The fraction of sp³-hybridized carbons (Fsp3) is 0.375. The number of carbonyl (C=O) groups excluding carboxylic acids is 1. The minimum atomic E-state index is -3.67. The van der Waals surface area contributed by atoms with Crippen LogP contribution >= 0.6 is 0 Å². The summed E-state index contributed by atoms with van der Waals surface area (Å²) in [7, 11) is -3.67. The number of aromatic nitrogens is 1. The number of sulfonamides is 1. The van der Waals surface area contributed by atoms with Crippen LogP contribution in [-0.2, 0) is 10.0 Å². The van der Waals surface area contributed by atoms with Crippen LogP contribution in [0.1, 0.15) is 37.0 Å². The van der Waals surface area contributed by atoms with Crippen molar-refractivity contribution < 1.29 is 17.7 Å². The molecule has 0 radical (unpaired) electrons. The lowest BCUT2D eigenvalue weighted by Gasteiger charge is -2.22. The van der Waals surface area contributed by atoms with Gasteiger partial charge >= 0.3 is 0 Å². The molecule has 124 valence electrons. The molecule has 0 amide bonds. The van der Waals surface area contributed by atoms with Crippen molar-refractivity contribution >= 4 is 16.3 Å². The molecule has 0 bridgehead atoms. The third-order valence-electron chi connectivity index (χ3n) is 3.42. The van der Waals surface area contributed by atoms with Gasteiger partial charge in [-0.05, 0) is 25.0 Å². The van der Waals surface area contributed by atoms with E-state index in [1.807, 2.05) is 13.8 Å². The Morgan fingerprint density at radius 1 is 1.17 bits per heavy atom. The minimum absolute atomic E-state index is 0.138. The molecule has 7 heteroatoms. The predicted molar refractivity (Wildman–Crippen MR) is 86.7 cm³/mol. The molecule has 0 spiro atoms. The van der Waals surface area contributed by atoms with Gasteiger partial charge in [-0.25, -0.2) is 8.42 Å². The second-order valence-corrected chi connectivity index (χ2v) is 7.07. The summed E-state index contributed by atoms with van der Waals surface area (Å²) in [6, 6.07) is 6.06. The monoisotopic (exact) mass is 336 g/mol. The van der Waals surface area contributed by atoms with Crippen molar-refractivity contribution in [2.75, 3.05) is 13.1 Å². The van der Waals surface area contributed by atoms with Gasteiger partial charge < -0.3 is 4.52 Å². The maximum atomic E-state index is 13.0. The molecule has 1 heterocycles. The van der Waals surface area contributed by atoms with Gasteiger partial charge in [-0.3, -0.25) is 4.79 Å². The fourth-order valence-electron chi connectivity index (χ4n) is 2.39. The van der Waals surface area contributed by atoms with Crippen LogP contribution in [0.2, 0.25) is 0 Å². The summed E-state index contributed by atoms with van der Waals surface area (Å²) >= 11 is 0. The van der Waals surface area contributed by atoms with Crippen molar-refractivity contribution in [3.63, 3.8) is 0 Å². The first-order chi connectivity index (χ1) is 11.0. The topological polar surface area (TPSA) is 80.5 Å². The molecule has 0 saturated carbocycles. The Morgan fingerprint density at radius 2 is 1.87 bits per heavy atom. The van der Waals surface area contributed by atoms with Crippen molar-refractivity contribution in [2.45, 2.75) is 31.6 Å². The standard InChI is InChI=1S/C16H20N2O4S/c1-3-8-18(9-4-2)23(20,21)16-6-5-13(12-19)11-14(16)15-7-10-22-17-15/h5-7,10-12H,3-4,8-9H2,1-2H3. The first-order valence-electron chi connectivity index (χ1n) is 7.54. The van der Waals surface area contributed by atoms with Crippen LogP contribution in [0.15, 0.2) is 39.9 Å². The second-order valence-electron chi connectivity index (χ2n) is 5.16. The van der Waals surface area contributed by atoms with E-state index in [1.165, 1.54) is 28.8 Å². The molecule has 0 saturated heterocycles. The van der Waals surface area contributed by atoms with Gasteiger partial charge in [0.15, 0.2) is 0 Å². The lowest BCUT2D eigenvalue weighted by molar-refractivity contribution is 0.112. The summed E-state index contributed by atoms with van der Waals surface area (Å²) in [6.45, 7) is 4.77. The summed E-state index contributed by atoms with van der Waals surface area (Å²) in [6.07, 6.45) is 3.50. The third kappa shape index (κ3) is 3.68. The number of benzene rings is 1. The van der Waals surface area contributed by atoms with E-state index in [0.717, 1.165) is 12.8 Å². The summed E-state index contributed by atoms with van der Waals surface area (Å²) in [5.41, 5.74) is 1.15. The van der Waals surface area contributed by atoms with Crippen molar-refractivity contribution in [1.82, 2.24) is 9.46 Å². The van der Waals surface area contributed by atoms with Crippen LogP contribution in [-0.4, -0.2) is 37.3 Å². The highest BCUT2D eigenvalue weighted by Gasteiger charge is 2.27. The molecule has 0 fully saturated rings. The van der Waals surface area contributed by atoms with E-state index in [1.54, 1.807) is 6.07 Å². The lowest BCUT2D eigenvalue weighted by Crippen LogP contribution is -2.33. The van der Waals surface area contributed by atoms with Crippen LogP contribution < -0.4 is 0 Å². The number of nitrogens with zero attached hydrogens (tertiary/aromatic N) is 2. The smallest absolute Gasteiger partial charge is 0.243 e. The molecule has 1 aromatic heterocycles. The molecule has 2 rings (SSSR count). The molecule has 0 unspecified atom stereocenters. The number of rotatable bonds is 8. The van der Waals surface area contributed by atoms with Gasteiger partial charge in [0.25, 0.3) is 0 Å². The lowest BCUT2D eigenvalue weighted by atomic mass is 10.1. The predicted octanol–water partition coefficient (Wildman–Crippen LogP) is 2.96. The summed E-state index contributed by atoms with van der Waals surface area (Å²) < 4.78 is 32.3. The van der Waals surface area contributed by atoms with Gasteiger partial charge in [0.05, 0.1) is 4.90 Å². The van der Waals surface area contributed by atoms with E-state index in [-0.39, 0.29) is 4.90 Å². The van der Waals surface area contributed by atoms with E-state index in [9.17, 15) is 13.2 Å². The van der Waals surface area contributed by atoms with Gasteiger partial charge in [0.1, 0.15) is 18.2 Å². The normalized spacial score (nSPS) is 11.8. The Morgan fingerprint density at radius 3 is 2.39 bits per heavy atom. The van der Waals surface area contributed by atoms with E-state index < -0.39 is 10.0 Å². The summed E-state index contributed by atoms with van der Waals surface area (Å²) in [5.74, 6) is 0. The summed E-state index contributed by atoms with van der Waals surface area (Å²) in [4.78, 5) is 11.2. The molecule has 0 aliphatic heterocycles. The molecule has 0 aliphatic carbocycles. The van der Waals surface area contributed by atoms with Crippen LogP contribution in [0.25, 0.3) is 11.3 Å². The zero-order valence-electron chi connectivity index (χ0n) is 13.2. The Bertz CT molecular complexity index is 748. The largest absolute Gasteiger partial charge is 0.364 e. The second kappa shape index (κ2) is 7.52. The van der Waals surface area contributed by atoms with E-state index in [2.05, 4.69) is 5.16 Å². The van der Waals surface area contributed by atoms with Crippen LogP contribution in [0.5, 0.6) is 0 Å². The van der Waals surface area contributed by atoms with Gasteiger partial charge in [0, 0.05) is 30.3 Å². The average Bonchev–Trinajstić information content (AvgIpc) is 3.08. The Kier molecular flexibility index (Phi) is 5.68. The van der Waals surface area contributed by atoms with Gasteiger partial charge in [0.2, 0.25) is 10.0 Å². The molecule has 0 atom stereocenters. The molecule has 1 aromatic carbocycles. The fourth-order valence-corrected chi connectivity index (χ4v) is 4.19. The zero-order chi connectivity index (χ0) is 16.9. The van der Waals surface area contributed by atoms with Crippen molar-refractivity contribution in [3.8, 4) is 11.3 Å². The van der Waals surface area contributed by atoms with Gasteiger partial charge in [-0.2, -0.15) is 4.31 Å². The highest BCUT2D eigenvalue weighted by molar-refractivity contribution is 7.89. The van der Waals surface area contributed by atoms with Crippen molar-refractivity contribution in [3.05, 3.63) is 36.1 Å². The van der Waals surface area contributed by atoms with Crippen molar-refractivity contribution in [2.24, 2.45) is 0 Å². The van der Waals surface area contributed by atoms with Crippen LogP contribution in [0, 0.1) is 0 Å². The first kappa shape index (κ1) is 17.4. The molecule has 23 heavy (non-hydrogen) atoms. The maximum absolute atomic E-state index is 13.0. The molecule has 6 nitrogen and oxygen atoms in total. The van der Waals surface area contributed by atoms with E-state index >= 15 is 0 Å². The molecule has 0 N–H and O–H groups in total. The zero-order valence-corrected chi connectivity index (χ0v) is 14.0. The van der Waals surface area contributed by atoms with Gasteiger partial charge in [-0.15, -0.1) is 0 Å². The Labute approximate surface area is 136 Å². The van der Waals surface area contributed by atoms with Crippen LogP contribution in [0.3, 0.4) is 0 Å². The Hall–Kier alpha value is -1.99. The molecule has 2 aromatic rings. The van der Waals surface area contributed by atoms with E-state index in [0.29, 0.717) is 36.2 Å². The average molecular weight is 336 g/mol. The van der Waals surface area contributed by atoms with Gasteiger partial charge in [-0.1, -0.05) is 25.1 Å². The molecular weight excluding hydrogens is 316 g/mol. The first-order valence-corrected chi connectivity index (χ1v) is 8.98. The number of carbonyl (C=O) groups is 1. The number of hydrogen-bond acceptors (Lipinski definition) is 5. The third-order valence-corrected chi connectivity index (χ3v) is 5.37. The summed E-state index contributed by atoms with van der Waals surface area (Å²) in [5, 5.41) is 3.81. The maximum Gasteiger partial charge on any atom is 0.243 e. The minimum Gasteiger partial charge on any atom is -0.364 e. The number of aldehydes is 1. The quantitative estimate of drug-likeness (QED) is 0.692. The van der Waals surface area contributed by atoms with E-state index in [4.69, 9.17) is 4.52 Å².